The summed E-state index contributed by atoms with van der Waals surface area (Å²) in [5.41, 5.74) is 0. The van der Waals surface area contributed by atoms with E-state index in [9.17, 15) is 0 Å². The maximum atomic E-state index is 2.49. The quantitative estimate of drug-likeness (QED) is 0.496. The molecule has 0 radical (unpaired) electrons. The van der Waals surface area contributed by atoms with Crippen LogP contribution in [0, 0.1) is 17.8 Å². The molecular weight excluding hydrogens is 206 g/mol. The Balaban J connectivity index is 3.88. The summed E-state index contributed by atoms with van der Waals surface area (Å²) in [4.78, 5) is 2.49. The minimum absolute atomic E-state index is 0.822. The molecule has 0 rings (SSSR count). The minimum Gasteiger partial charge on any atom is -0.306 e. The topological polar surface area (TPSA) is 3.24 Å². The van der Waals surface area contributed by atoms with Crippen LogP contribution < -0.4 is 0 Å². The van der Waals surface area contributed by atoms with Crippen molar-refractivity contribution < 1.29 is 0 Å². The SMILES string of the molecule is CCCCCC(C)C(C)C(C)CN(C)CCC. The van der Waals surface area contributed by atoms with Crippen molar-refractivity contribution >= 4 is 0 Å². The van der Waals surface area contributed by atoms with Crippen LogP contribution >= 0.6 is 0 Å². The first-order chi connectivity index (χ1) is 8.02. The second-order valence-corrected chi connectivity index (χ2v) is 6.07. The van der Waals surface area contributed by atoms with Crippen molar-refractivity contribution in [1.82, 2.24) is 4.90 Å². The van der Waals surface area contributed by atoms with Crippen LogP contribution in [0.25, 0.3) is 0 Å². The molecule has 0 N–H and O–H groups in total. The standard InChI is InChI=1S/C16H35N/c1-7-9-10-11-14(3)16(5)15(4)13-17(6)12-8-2/h14-16H,7-13H2,1-6H3. The average molecular weight is 241 g/mol. The summed E-state index contributed by atoms with van der Waals surface area (Å²) in [5.74, 6) is 2.56. The van der Waals surface area contributed by atoms with Gasteiger partial charge in [-0.15, -0.1) is 0 Å². The van der Waals surface area contributed by atoms with Gasteiger partial charge in [-0.1, -0.05) is 60.3 Å². The lowest BCUT2D eigenvalue weighted by molar-refractivity contribution is 0.194. The van der Waals surface area contributed by atoms with E-state index in [1.54, 1.807) is 0 Å². The number of rotatable bonds is 10. The van der Waals surface area contributed by atoms with Crippen LogP contribution in [0.5, 0.6) is 0 Å². The summed E-state index contributed by atoms with van der Waals surface area (Å²) >= 11 is 0. The fourth-order valence-electron chi connectivity index (χ4n) is 2.67. The van der Waals surface area contributed by atoms with E-state index in [0.29, 0.717) is 0 Å². The smallest absolute Gasteiger partial charge is 0.000661 e. The molecule has 1 nitrogen and oxygen atoms in total. The van der Waals surface area contributed by atoms with Crippen molar-refractivity contribution in [3.63, 3.8) is 0 Å². The first-order valence-electron chi connectivity index (χ1n) is 7.71. The number of nitrogens with zero attached hydrogens (tertiary/aromatic N) is 1. The van der Waals surface area contributed by atoms with E-state index in [2.05, 4.69) is 46.6 Å². The van der Waals surface area contributed by atoms with Crippen LogP contribution in [0.15, 0.2) is 0 Å². The molecule has 17 heavy (non-hydrogen) atoms. The second-order valence-electron chi connectivity index (χ2n) is 6.07. The number of hydrogen-bond acceptors (Lipinski definition) is 1. The largest absolute Gasteiger partial charge is 0.306 e. The van der Waals surface area contributed by atoms with Gasteiger partial charge in [0, 0.05) is 6.54 Å². The molecule has 3 unspecified atom stereocenters. The molecule has 0 aliphatic rings. The first kappa shape index (κ1) is 17.0. The van der Waals surface area contributed by atoms with Gasteiger partial charge in [0.2, 0.25) is 0 Å². The van der Waals surface area contributed by atoms with Crippen LogP contribution in [0.4, 0.5) is 0 Å². The predicted molar refractivity (Wildman–Crippen MR) is 79.4 cm³/mol. The van der Waals surface area contributed by atoms with Gasteiger partial charge in [0.1, 0.15) is 0 Å². The zero-order valence-corrected chi connectivity index (χ0v) is 13.1. The third-order valence-electron chi connectivity index (χ3n) is 4.26. The van der Waals surface area contributed by atoms with E-state index in [1.165, 1.54) is 45.2 Å². The zero-order valence-electron chi connectivity index (χ0n) is 13.1. The summed E-state index contributed by atoms with van der Waals surface area (Å²) in [5, 5.41) is 0. The molecule has 0 fully saturated rings. The molecule has 0 aromatic carbocycles. The Morgan fingerprint density at radius 1 is 0.882 bits per heavy atom. The Labute approximate surface area is 110 Å². The average Bonchev–Trinajstić information content (AvgIpc) is 2.28. The van der Waals surface area contributed by atoms with E-state index in [4.69, 9.17) is 0 Å². The fourth-order valence-corrected chi connectivity index (χ4v) is 2.67. The Bertz CT molecular complexity index is 167. The minimum atomic E-state index is 0.822. The van der Waals surface area contributed by atoms with Gasteiger partial charge in [-0.25, -0.2) is 0 Å². The first-order valence-corrected chi connectivity index (χ1v) is 7.71. The molecule has 104 valence electrons. The molecule has 1 heteroatoms. The van der Waals surface area contributed by atoms with Gasteiger partial charge in [0.25, 0.3) is 0 Å². The molecule has 0 amide bonds. The van der Waals surface area contributed by atoms with Crippen LogP contribution in [0.2, 0.25) is 0 Å². The van der Waals surface area contributed by atoms with E-state index in [1.807, 2.05) is 0 Å². The Morgan fingerprint density at radius 2 is 1.53 bits per heavy atom. The highest BCUT2D eigenvalue weighted by Crippen LogP contribution is 2.25. The lowest BCUT2D eigenvalue weighted by Gasteiger charge is -2.29. The van der Waals surface area contributed by atoms with Crippen LogP contribution in [-0.4, -0.2) is 25.0 Å². The molecule has 0 spiro atoms. The van der Waals surface area contributed by atoms with Gasteiger partial charge in [0.15, 0.2) is 0 Å². The van der Waals surface area contributed by atoms with Gasteiger partial charge in [-0.3, -0.25) is 0 Å². The van der Waals surface area contributed by atoms with Gasteiger partial charge < -0.3 is 4.90 Å². The Morgan fingerprint density at radius 3 is 2.06 bits per heavy atom. The third-order valence-corrected chi connectivity index (χ3v) is 4.26. The van der Waals surface area contributed by atoms with Crippen LogP contribution in [0.1, 0.15) is 66.7 Å². The van der Waals surface area contributed by atoms with Crippen molar-refractivity contribution in [2.45, 2.75) is 66.7 Å². The highest BCUT2D eigenvalue weighted by atomic mass is 15.1. The summed E-state index contributed by atoms with van der Waals surface area (Å²) in [6.45, 7) is 14.4. The number of hydrogen-bond donors (Lipinski definition) is 0. The summed E-state index contributed by atoms with van der Waals surface area (Å²) in [6.07, 6.45) is 6.84. The molecule has 0 aromatic heterocycles. The molecule has 0 aliphatic heterocycles. The zero-order chi connectivity index (χ0) is 13.3. The third kappa shape index (κ3) is 7.81. The summed E-state index contributed by atoms with van der Waals surface area (Å²) in [7, 11) is 2.26. The predicted octanol–water partition coefficient (Wildman–Crippen LogP) is 4.82. The van der Waals surface area contributed by atoms with E-state index < -0.39 is 0 Å². The molecular formula is C16H35N. The molecule has 0 aliphatic carbocycles. The molecule has 0 bridgehead atoms. The lowest BCUT2D eigenvalue weighted by atomic mass is 9.82. The second kappa shape index (κ2) is 9.94. The van der Waals surface area contributed by atoms with Gasteiger partial charge >= 0.3 is 0 Å². The normalized spacial score (nSPS) is 17.1. The molecule has 0 saturated carbocycles. The van der Waals surface area contributed by atoms with Crippen molar-refractivity contribution in [3.8, 4) is 0 Å². The highest BCUT2D eigenvalue weighted by Gasteiger charge is 2.19. The van der Waals surface area contributed by atoms with Crippen molar-refractivity contribution in [3.05, 3.63) is 0 Å². The Hall–Kier alpha value is -0.0400. The van der Waals surface area contributed by atoms with E-state index >= 15 is 0 Å². The molecule has 0 saturated heterocycles. The van der Waals surface area contributed by atoms with Crippen molar-refractivity contribution in [1.29, 1.82) is 0 Å². The summed E-state index contributed by atoms with van der Waals surface area (Å²) in [6, 6.07) is 0. The molecule has 0 heterocycles. The molecule has 0 aromatic rings. The van der Waals surface area contributed by atoms with Crippen LogP contribution in [0.3, 0.4) is 0 Å². The van der Waals surface area contributed by atoms with Crippen molar-refractivity contribution in [2.75, 3.05) is 20.1 Å². The fraction of sp³-hybridized carbons (Fsp3) is 1.00. The van der Waals surface area contributed by atoms with Gasteiger partial charge in [-0.05, 0) is 37.8 Å². The maximum Gasteiger partial charge on any atom is 0.000661 e. The van der Waals surface area contributed by atoms with Gasteiger partial charge in [-0.2, -0.15) is 0 Å². The van der Waals surface area contributed by atoms with Crippen LogP contribution in [-0.2, 0) is 0 Å². The summed E-state index contributed by atoms with van der Waals surface area (Å²) < 4.78 is 0. The molecule has 3 atom stereocenters. The monoisotopic (exact) mass is 241 g/mol. The van der Waals surface area contributed by atoms with Gasteiger partial charge in [0.05, 0.1) is 0 Å². The lowest BCUT2D eigenvalue weighted by Crippen LogP contribution is -2.30. The van der Waals surface area contributed by atoms with E-state index in [-0.39, 0.29) is 0 Å². The van der Waals surface area contributed by atoms with Crippen molar-refractivity contribution in [2.24, 2.45) is 17.8 Å². The highest BCUT2D eigenvalue weighted by molar-refractivity contribution is 4.71. The van der Waals surface area contributed by atoms with E-state index in [0.717, 1.165) is 17.8 Å². The Kier molecular flexibility index (Phi) is 9.91. The maximum absolute atomic E-state index is 2.49. The number of unbranched alkanes of at least 4 members (excludes halogenated alkanes) is 2.